The molecule has 0 bridgehead atoms. The Bertz CT molecular complexity index is 746. The van der Waals surface area contributed by atoms with Crippen LogP contribution in [0.5, 0.6) is 5.75 Å². The van der Waals surface area contributed by atoms with Gasteiger partial charge in [0.15, 0.2) is 6.10 Å². The number of benzene rings is 2. The summed E-state index contributed by atoms with van der Waals surface area (Å²) in [6, 6.07) is 12.3. The third-order valence-electron chi connectivity index (χ3n) is 3.65. The van der Waals surface area contributed by atoms with Crippen molar-refractivity contribution in [1.29, 1.82) is 0 Å². The number of nitrogens with one attached hydrogen (secondary N) is 1. The fourth-order valence-corrected chi connectivity index (χ4v) is 2.47. The van der Waals surface area contributed by atoms with Gasteiger partial charge in [0.2, 0.25) is 0 Å². The Labute approximate surface area is 132 Å². The zero-order chi connectivity index (χ0) is 16.4. The molecule has 0 radical (unpaired) electrons. The Morgan fingerprint density at radius 3 is 2.57 bits per heavy atom. The normalized spacial score (nSPS) is 16.3. The number of carbonyl (C=O) groups is 2. The second-order valence-electron chi connectivity index (χ2n) is 5.11. The number of halogens is 1. The zero-order valence-electron chi connectivity index (χ0n) is 12.5. The van der Waals surface area contributed by atoms with Crippen molar-refractivity contribution in [2.75, 3.05) is 18.5 Å². The summed E-state index contributed by atoms with van der Waals surface area (Å²) in [4.78, 5) is 26.1. The average molecular weight is 314 g/mol. The predicted molar refractivity (Wildman–Crippen MR) is 83.0 cm³/mol. The van der Waals surface area contributed by atoms with Crippen LogP contribution in [0.4, 0.5) is 10.1 Å². The quantitative estimate of drug-likeness (QED) is 0.922. The van der Waals surface area contributed by atoms with Crippen LogP contribution in [-0.2, 0) is 4.79 Å². The SMILES string of the molecule is CNC(=O)[C@@H]1CN(C(=O)c2ccc(F)cc2)c2ccccc2O1. The third kappa shape index (κ3) is 2.88. The van der Waals surface area contributed by atoms with Gasteiger partial charge >= 0.3 is 0 Å². The fourth-order valence-electron chi connectivity index (χ4n) is 2.47. The van der Waals surface area contributed by atoms with Crippen molar-refractivity contribution in [1.82, 2.24) is 5.32 Å². The van der Waals surface area contributed by atoms with Gasteiger partial charge in [0.25, 0.3) is 11.8 Å². The van der Waals surface area contributed by atoms with Gasteiger partial charge in [-0.3, -0.25) is 9.59 Å². The van der Waals surface area contributed by atoms with E-state index in [0.717, 1.165) is 0 Å². The van der Waals surface area contributed by atoms with E-state index in [4.69, 9.17) is 4.74 Å². The number of rotatable bonds is 2. The highest BCUT2D eigenvalue weighted by Crippen LogP contribution is 2.34. The number of anilines is 1. The number of para-hydroxylation sites is 2. The van der Waals surface area contributed by atoms with Gasteiger partial charge in [-0.05, 0) is 36.4 Å². The second kappa shape index (κ2) is 6.08. The lowest BCUT2D eigenvalue weighted by molar-refractivity contribution is -0.127. The lowest BCUT2D eigenvalue weighted by atomic mass is 10.1. The van der Waals surface area contributed by atoms with Gasteiger partial charge in [0.1, 0.15) is 11.6 Å². The molecule has 0 aliphatic carbocycles. The molecule has 1 heterocycles. The molecule has 5 nitrogen and oxygen atoms in total. The van der Waals surface area contributed by atoms with E-state index >= 15 is 0 Å². The molecule has 2 aromatic carbocycles. The number of ether oxygens (including phenoxy) is 1. The Kier molecular flexibility index (Phi) is 3.97. The molecule has 0 fully saturated rings. The van der Waals surface area contributed by atoms with Crippen LogP contribution < -0.4 is 15.0 Å². The first-order chi connectivity index (χ1) is 11.1. The van der Waals surface area contributed by atoms with E-state index in [0.29, 0.717) is 17.0 Å². The molecular weight excluding hydrogens is 299 g/mol. The van der Waals surface area contributed by atoms with Crippen LogP contribution in [0.1, 0.15) is 10.4 Å². The average Bonchev–Trinajstić information content (AvgIpc) is 2.60. The summed E-state index contributed by atoms with van der Waals surface area (Å²) >= 11 is 0. The summed E-state index contributed by atoms with van der Waals surface area (Å²) in [6.07, 6.45) is -0.792. The Morgan fingerprint density at radius 1 is 1.17 bits per heavy atom. The molecule has 0 unspecified atom stereocenters. The maximum absolute atomic E-state index is 13.0. The minimum atomic E-state index is -0.792. The summed E-state index contributed by atoms with van der Waals surface area (Å²) in [5.74, 6) is -0.568. The molecule has 3 rings (SSSR count). The standard InChI is InChI=1S/C17H15FN2O3/c1-19-16(21)15-10-20(13-4-2-3-5-14(13)23-15)17(22)11-6-8-12(18)9-7-11/h2-9,15H,10H2,1H3,(H,19,21)/t15-/m0/s1. The first kappa shape index (κ1) is 15.0. The van der Waals surface area contributed by atoms with Crippen molar-refractivity contribution in [3.63, 3.8) is 0 Å². The maximum atomic E-state index is 13.0. The molecule has 0 spiro atoms. The van der Waals surface area contributed by atoms with Gasteiger partial charge in [-0.2, -0.15) is 0 Å². The van der Waals surface area contributed by atoms with E-state index in [9.17, 15) is 14.0 Å². The van der Waals surface area contributed by atoms with Crippen LogP contribution in [-0.4, -0.2) is 31.5 Å². The van der Waals surface area contributed by atoms with Crippen molar-refractivity contribution in [2.24, 2.45) is 0 Å². The van der Waals surface area contributed by atoms with E-state index in [1.807, 2.05) is 0 Å². The van der Waals surface area contributed by atoms with Gasteiger partial charge in [0, 0.05) is 12.6 Å². The van der Waals surface area contributed by atoms with Crippen LogP contribution in [0, 0.1) is 5.82 Å². The highest BCUT2D eigenvalue weighted by Gasteiger charge is 2.33. The Morgan fingerprint density at radius 2 is 1.87 bits per heavy atom. The second-order valence-corrected chi connectivity index (χ2v) is 5.11. The number of nitrogens with zero attached hydrogens (tertiary/aromatic N) is 1. The predicted octanol–water partition coefficient (Wildman–Crippen LogP) is 1.98. The van der Waals surface area contributed by atoms with Crippen LogP contribution in [0.15, 0.2) is 48.5 Å². The number of likely N-dealkylation sites (N-methyl/N-ethyl adjacent to an activating group) is 1. The summed E-state index contributed by atoms with van der Waals surface area (Å²) in [7, 11) is 1.51. The molecule has 2 amide bonds. The van der Waals surface area contributed by atoms with Gasteiger partial charge in [-0.25, -0.2) is 4.39 Å². The number of hydrogen-bond acceptors (Lipinski definition) is 3. The van der Waals surface area contributed by atoms with E-state index < -0.39 is 11.9 Å². The van der Waals surface area contributed by atoms with Crippen molar-refractivity contribution < 1.29 is 18.7 Å². The van der Waals surface area contributed by atoms with Gasteiger partial charge in [0.05, 0.1) is 12.2 Å². The molecule has 1 atom stereocenters. The van der Waals surface area contributed by atoms with Crippen LogP contribution >= 0.6 is 0 Å². The van der Waals surface area contributed by atoms with Gasteiger partial charge in [-0.15, -0.1) is 0 Å². The third-order valence-corrected chi connectivity index (χ3v) is 3.65. The zero-order valence-corrected chi connectivity index (χ0v) is 12.5. The van der Waals surface area contributed by atoms with Crippen LogP contribution in [0.3, 0.4) is 0 Å². The minimum Gasteiger partial charge on any atom is -0.477 e. The van der Waals surface area contributed by atoms with Crippen LogP contribution in [0.2, 0.25) is 0 Å². The van der Waals surface area contributed by atoms with Crippen molar-refractivity contribution in [3.8, 4) is 5.75 Å². The lowest BCUT2D eigenvalue weighted by Gasteiger charge is -2.34. The molecule has 0 saturated heterocycles. The van der Waals surface area contributed by atoms with Gasteiger partial charge < -0.3 is 15.0 Å². The molecule has 1 aliphatic rings. The molecule has 2 aromatic rings. The summed E-state index contributed by atoms with van der Waals surface area (Å²) in [5.41, 5.74) is 0.931. The van der Waals surface area contributed by atoms with E-state index in [-0.39, 0.29) is 18.4 Å². The smallest absolute Gasteiger partial charge is 0.262 e. The molecule has 0 saturated carbocycles. The van der Waals surface area contributed by atoms with E-state index in [2.05, 4.69) is 5.32 Å². The minimum absolute atomic E-state index is 0.0902. The topological polar surface area (TPSA) is 58.6 Å². The monoisotopic (exact) mass is 314 g/mol. The highest BCUT2D eigenvalue weighted by atomic mass is 19.1. The van der Waals surface area contributed by atoms with E-state index in [1.165, 1.54) is 36.2 Å². The first-order valence-corrected chi connectivity index (χ1v) is 7.15. The Hall–Kier alpha value is -2.89. The summed E-state index contributed by atoms with van der Waals surface area (Å²) in [6.45, 7) is 0.0902. The van der Waals surface area contributed by atoms with Crippen molar-refractivity contribution >= 4 is 17.5 Å². The van der Waals surface area contributed by atoms with Crippen molar-refractivity contribution in [3.05, 3.63) is 59.9 Å². The van der Waals surface area contributed by atoms with Crippen LogP contribution in [0.25, 0.3) is 0 Å². The molecule has 23 heavy (non-hydrogen) atoms. The maximum Gasteiger partial charge on any atom is 0.262 e. The first-order valence-electron chi connectivity index (χ1n) is 7.15. The molecule has 1 aliphatic heterocycles. The molecular formula is C17H15FN2O3. The molecule has 118 valence electrons. The number of amides is 2. The van der Waals surface area contributed by atoms with Gasteiger partial charge in [-0.1, -0.05) is 12.1 Å². The fraction of sp³-hybridized carbons (Fsp3) is 0.176. The summed E-state index contributed by atoms with van der Waals surface area (Å²) in [5, 5.41) is 2.52. The van der Waals surface area contributed by atoms with E-state index in [1.54, 1.807) is 24.3 Å². The number of fused-ring (bicyclic) bond motifs is 1. The van der Waals surface area contributed by atoms with Crippen molar-refractivity contribution in [2.45, 2.75) is 6.10 Å². The highest BCUT2D eigenvalue weighted by molar-refractivity contribution is 6.07. The Balaban J connectivity index is 1.97. The number of hydrogen-bond donors (Lipinski definition) is 1. The molecule has 1 N–H and O–H groups in total. The molecule has 0 aromatic heterocycles. The molecule has 6 heteroatoms. The largest absolute Gasteiger partial charge is 0.477 e. The summed E-state index contributed by atoms with van der Waals surface area (Å²) < 4.78 is 18.7. The lowest BCUT2D eigenvalue weighted by Crippen LogP contribution is -2.50. The number of carbonyl (C=O) groups excluding carboxylic acids is 2.